The molecule has 0 aromatic carbocycles. The minimum absolute atomic E-state index is 0.0403. The van der Waals surface area contributed by atoms with Crippen molar-refractivity contribution in [3.63, 3.8) is 0 Å². The normalized spacial score (nSPS) is 21.8. The van der Waals surface area contributed by atoms with Crippen molar-refractivity contribution >= 4 is 11.9 Å². The van der Waals surface area contributed by atoms with Crippen molar-refractivity contribution in [1.29, 1.82) is 0 Å². The number of esters is 2. The van der Waals surface area contributed by atoms with Crippen molar-refractivity contribution in [2.75, 3.05) is 33.4 Å². The summed E-state index contributed by atoms with van der Waals surface area (Å²) in [5.41, 5.74) is 0. The fourth-order valence-corrected chi connectivity index (χ4v) is 3.09. The Kier molecular flexibility index (Phi) is 9.95. The van der Waals surface area contributed by atoms with Crippen molar-refractivity contribution in [1.82, 2.24) is 5.32 Å². The van der Waals surface area contributed by atoms with Crippen LogP contribution in [0.5, 0.6) is 0 Å². The van der Waals surface area contributed by atoms with Gasteiger partial charge in [0, 0.05) is 13.0 Å². The van der Waals surface area contributed by atoms with Crippen LogP contribution in [-0.2, 0) is 19.1 Å². The minimum atomic E-state index is -0.286. The van der Waals surface area contributed by atoms with Crippen LogP contribution in [0, 0.1) is 23.7 Å². The number of aliphatic hydroxyl groups is 1. The lowest BCUT2D eigenvalue weighted by atomic mass is 9.84. The van der Waals surface area contributed by atoms with Gasteiger partial charge in [0.05, 0.1) is 19.6 Å². The van der Waals surface area contributed by atoms with Gasteiger partial charge in [-0.1, -0.05) is 20.3 Å². The molecule has 0 aromatic heterocycles. The van der Waals surface area contributed by atoms with Gasteiger partial charge >= 0.3 is 11.9 Å². The van der Waals surface area contributed by atoms with Crippen LogP contribution in [0.3, 0.4) is 0 Å². The van der Waals surface area contributed by atoms with E-state index < -0.39 is 0 Å². The molecule has 2 N–H and O–H groups in total. The molecule has 6 heteroatoms. The predicted octanol–water partition coefficient (Wildman–Crippen LogP) is 1.75. The molecule has 1 fully saturated rings. The molecule has 1 saturated carbocycles. The molecule has 0 aliphatic heterocycles. The highest BCUT2D eigenvalue weighted by molar-refractivity contribution is 5.70. The fourth-order valence-electron chi connectivity index (χ4n) is 3.09. The molecule has 4 atom stereocenters. The Morgan fingerprint density at radius 2 is 1.96 bits per heavy atom. The van der Waals surface area contributed by atoms with Gasteiger partial charge in [-0.05, 0) is 43.6 Å². The van der Waals surface area contributed by atoms with Crippen molar-refractivity contribution < 1.29 is 24.2 Å². The van der Waals surface area contributed by atoms with Crippen molar-refractivity contribution in [2.24, 2.45) is 23.7 Å². The Labute approximate surface area is 145 Å². The number of rotatable bonds is 13. The molecule has 0 heterocycles. The molecule has 1 aliphatic carbocycles. The lowest BCUT2D eigenvalue weighted by molar-refractivity contribution is -0.148. The summed E-state index contributed by atoms with van der Waals surface area (Å²) in [6.45, 7) is 5.14. The van der Waals surface area contributed by atoms with Gasteiger partial charge < -0.3 is 19.9 Å². The topological polar surface area (TPSA) is 84.9 Å². The Bertz CT molecular complexity index is 388. The molecule has 6 nitrogen and oxygen atoms in total. The molecular formula is C18H33NO5. The summed E-state index contributed by atoms with van der Waals surface area (Å²) in [6.07, 6.45) is 3.73. The summed E-state index contributed by atoms with van der Waals surface area (Å²) < 4.78 is 10.4. The van der Waals surface area contributed by atoms with Crippen LogP contribution in [0.4, 0.5) is 0 Å². The Morgan fingerprint density at radius 1 is 1.25 bits per heavy atom. The van der Waals surface area contributed by atoms with Gasteiger partial charge in [-0.3, -0.25) is 9.59 Å². The van der Waals surface area contributed by atoms with Gasteiger partial charge in [0.2, 0.25) is 0 Å². The molecule has 1 rings (SSSR count). The highest BCUT2D eigenvalue weighted by Crippen LogP contribution is 2.44. The SMILES string of the molecule is CCC(CC(=O)OCCO)C(COC(=O)CCNC)CC1C[C@H]1C. The monoisotopic (exact) mass is 343 g/mol. The zero-order chi connectivity index (χ0) is 17.9. The third-order valence-electron chi connectivity index (χ3n) is 4.89. The molecule has 3 unspecified atom stereocenters. The van der Waals surface area contributed by atoms with Crippen LogP contribution in [-0.4, -0.2) is 50.5 Å². The first-order valence-electron chi connectivity index (χ1n) is 9.08. The maximum absolute atomic E-state index is 11.9. The van der Waals surface area contributed by atoms with E-state index >= 15 is 0 Å². The van der Waals surface area contributed by atoms with E-state index in [4.69, 9.17) is 14.6 Å². The van der Waals surface area contributed by atoms with Crippen LogP contribution in [0.1, 0.15) is 46.0 Å². The van der Waals surface area contributed by atoms with Gasteiger partial charge in [0.15, 0.2) is 0 Å². The van der Waals surface area contributed by atoms with E-state index in [-0.39, 0.29) is 37.0 Å². The molecule has 0 aromatic rings. The quantitative estimate of drug-likeness (QED) is 0.496. The van der Waals surface area contributed by atoms with Crippen molar-refractivity contribution in [2.45, 2.75) is 46.0 Å². The second-order valence-electron chi connectivity index (χ2n) is 6.82. The maximum Gasteiger partial charge on any atom is 0.307 e. The van der Waals surface area contributed by atoms with Crippen LogP contribution in [0.2, 0.25) is 0 Å². The van der Waals surface area contributed by atoms with E-state index in [9.17, 15) is 9.59 Å². The average Bonchev–Trinajstić information content (AvgIpc) is 3.27. The van der Waals surface area contributed by atoms with Crippen LogP contribution < -0.4 is 5.32 Å². The Morgan fingerprint density at radius 3 is 2.50 bits per heavy atom. The zero-order valence-electron chi connectivity index (χ0n) is 15.3. The second-order valence-corrected chi connectivity index (χ2v) is 6.82. The van der Waals surface area contributed by atoms with Gasteiger partial charge in [-0.15, -0.1) is 0 Å². The predicted molar refractivity (Wildman–Crippen MR) is 91.3 cm³/mol. The first kappa shape index (κ1) is 20.9. The van der Waals surface area contributed by atoms with Gasteiger partial charge in [0.1, 0.15) is 6.61 Å². The summed E-state index contributed by atoms with van der Waals surface area (Å²) in [6, 6.07) is 0. The Balaban J connectivity index is 2.53. The minimum Gasteiger partial charge on any atom is -0.465 e. The van der Waals surface area contributed by atoms with E-state index in [2.05, 4.69) is 19.2 Å². The number of ether oxygens (including phenoxy) is 2. The van der Waals surface area contributed by atoms with E-state index in [0.717, 1.165) is 18.8 Å². The molecule has 140 valence electrons. The summed E-state index contributed by atoms with van der Waals surface area (Å²) in [5, 5.41) is 11.7. The summed E-state index contributed by atoms with van der Waals surface area (Å²) >= 11 is 0. The zero-order valence-corrected chi connectivity index (χ0v) is 15.3. The molecular weight excluding hydrogens is 310 g/mol. The third kappa shape index (κ3) is 8.11. The standard InChI is InChI=1S/C18H33NO5/c1-4-14(11-18(22)23-8-7-20)16(10-15-9-13(15)2)12-24-17(21)5-6-19-3/h13-16,19-20H,4-12H2,1-3H3/t13-,14?,15?,16?/m1/s1. The summed E-state index contributed by atoms with van der Waals surface area (Å²) in [4.78, 5) is 23.6. The highest BCUT2D eigenvalue weighted by Gasteiger charge is 2.37. The van der Waals surface area contributed by atoms with E-state index in [0.29, 0.717) is 31.9 Å². The van der Waals surface area contributed by atoms with Crippen LogP contribution >= 0.6 is 0 Å². The first-order chi connectivity index (χ1) is 11.5. The largest absolute Gasteiger partial charge is 0.465 e. The van der Waals surface area contributed by atoms with Crippen LogP contribution in [0.25, 0.3) is 0 Å². The number of hydrogen-bond acceptors (Lipinski definition) is 6. The first-order valence-corrected chi connectivity index (χ1v) is 9.08. The smallest absolute Gasteiger partial charge is 0.307 e. The number of nitrogens with one attached hydrogen (secondary N) is 1. The van der Waals surface area contributed by atoms with Gasteiger partial charge in [0.25, 0.3) is 0 Å². The van der Waals surface area contributed by atoms with Crippen molar-refractivity contribution in [3.8, 4) is 0 Å². The maximum atomic E-state index is 11.9. The summed E-state index contributed by atoms with van der Waals surface area (Å²) in [7, 11) is 1.80. The molecule has 0 radical (unpaired) electrons. The third-order valence-corrected chi connectivity index (χ3v) is 4.89. The molecule has 0 bridgehead atoms. The number of carbonyl (C=O) groups is 2. The van der Waals surface area contributed by atoms with Crippen LogP contribution in [0.15, 0.2) is 0 Å². The molecule has 0 saturated heterocycles. The van der Waals surface area contributed by atoms with E-state index in [1.165, 1.54) is 6.42 Å². The molecule has 1 aliphatic rings. The Hall–Kier alpha value is -1.14. The highest BCUT2D eigenvalue weighted by atomic mass is 16.5. The number of hydrogen-bond donors (Lipinski definition) is 2. The van der Waals surface area contributed by atoms with E-state index in [1.54, 1.807) is 7.05 Å². The van der Waals surface area contributed by atoms with Gasteiger partial charge in [-0.2, -0.15) is 0 Å². The van der Waals surface area contributed by atoms with Gasteiger partial charge in [-0.25, -0.2) is 0 Å². The van der Waals surface area contributed by atoms with Crippen molar-refractivity contribution in [3.05, 3.63) is 0 Å². The molecule has 0 spiro atoms. The molecule has 0 amide bonds. The second kappa shape index (κ2) is 11.4. The molecule has 24 heavy (non-hydrogen) atoms. The lowest BCUT2D eigenvalue weighted by Crippen LogP contribution is -2.26. The fraction of sp³-hybridized carbons (Fsp3) is 0.889. The average molecular weight is 343 g/mol. The number of aliphatic hydroxyl groups excluding tert-OH is 1. The lowest BCUT2D eigenvalue weighted by Gasteiger charge is -2.25. The summed E-state index contributed by atoms with van der Waals surface area (Å²) in [5.74, 6) is 1.24. The van der Waals surface area contributed by atoms with E-state index in [1.807, 2.05) is 0 Å². The number of carbonyl (C=O) groups excluding carboxylic acids is 2.